The highest BCUT2D eigenvalue weighted by atomic mass is 16.5. The second-order valence-corrected chi connectivity index (χ2v) is 7.14. The van der Waals surface area contributed by atoms with Crippen molar-refractivity contribution in [3.8, 4) is 17.2 Å². The van der Waals surface area contributed by atoms with Crippen LogP contribution in [-0.2, 0) is 6.54 Å². The van der Waals surface area contributed by atoms with Crippen molar-refractivity contribution in [2.75, 3.05) is 34.4 Å². The van der Waals surface area contributed by atoms with E-state index >= 15 is 0 Å². The summed E-state index contributed by atoms with van der Waals surface area (Å²) >= 11 is 0. The van der Waals surface area contributed by atoms with E-state index in [-0.39, 0.29) is 0 Å². The summed E-state index contributed by atoms with van der Waals surface area (Å²) in [7, 11) is 4.86. The molecule has 0 aromatic heterocycles. The SMILES string of the molecule is CCNC(=NCc1cc(OC)c(OC)c(OC)c1)NCC1(CC)CCCC1. The van der Waals surface area contributed by atoms with Crippen LogP contribution in [0.2, 0.25) is 0 Å². The Morgan fingerprint density at radius 1 is 1.00 bits per heavy atom. The number of hydrogen-bond acceptors (Lipinski definition) is 4. The van der Waals surface area contributed by atoms with Crippen LogP contribution in [0.3, 0.4) is 0 Å². The van der Waals surface area contributed by atoms with E-state index in [1.807, 2.05) is 12.1 Å². The van der Waals surface area contributed by atoms with Crippen LogP contribution >= 0.6 is 0 Å². The maximum atomic E-state index is 5.43. The summed E-state index contributed by atoms with van der Waals surface area (Å²) in [6.07, 6.45) is 6.52. The molecule has 1 aliphatic carbocycles. The molecule has 1 aromatic carbocycles. The lowest BCUT2D eigenvalue weighted by molar-refractivity contribution is 0.283. The second-order valence-electron chi connectivity index (χ2n) is 7.14. The van der Waals surface area contributed by atoms with Crippen molar-refractivity contribution in [1.82, 2.24) is 10.6 Å². The van der Waals surface area contributed by atoms with Gasteiger partial charge in [-0.25, -0.2) is 4.99 Å². The first kappa shape index (κ1) is 21.2. The van der Waals surface area contributed by atoms with Crippen LogP contribution in [-0.4, -0.2) is 40.4 Å². The molecule has 1 fully saturated rings. The zero-order chi connectivity index (χ0) is 19.7. The molecule has 6 heteroatoms. The standard InChI is InChI=1S/C21H35N3O3/c1-6-21(10-8-9-11-21)15-24-20(22-7-2)23-14-16-12-17(25-3)19(27-5)18(13-16)26-4/h12-13H,6-11,14-15H2,1-5H3,(H2,22,23,24). The maximum absolute atomic E-state index is 5.43. The number of benzene rings is 1. The molecule has 1 aromatic rings. The summed E-state index contributed by atoms with van der Waals surface area (Å²) in [4.78, 5) is 4.76. The van der Waals surface area contributed by atoms with E-state index < -0.39 is 0 Å². The average molecular weight is 378 g/mol. The molecule has 0 unspecified atom stereocenters. The molecule has 27 heavy (non-hydrogen) atoms. The zero-order valence-electron chi connectivity index (χ0n) is 17.5. The predicted octanol–water partition coefficient (Wildman–Crippen LogP) is 3.74. The van der Waals surface area contributed by atoms with Crippen molar-refractivity contribution >= 4 is 5.96 Å². The van der Waals surface area contributed by atoms with E-state index in [9.17, 15) is 0 Å². The van der Waals surface area contributed by atoms with Crippen molar-refractivity contribution in [3.05, 3.63) is 17.7 Å². The van der Waals surface area contributed by atoms with Crippen molar-refractivity contribution in [1.29, 1.82) is 0 Å². The first-order valence-electron chi connectivity index (χ1n) is 9.92. The largest absolute Gasteiger partial charge is 0.493 e. The third kappa shape index (κ3) is 5.44. The van der Waals surface area contributed by atoms with Gasteiger partial charge in [0.15, 0.2) is 17.5 Å². The number of guanidine groups is 1. The van der Waals surface area contributed by atoms with Crippen molar-refractivity contribution < 1.29 is 14.2 Å². The van der Waals surface area contributed by atoms with E-state index in [1.165, 1.54) is 32.1 Å². The van der Waals surface area contributed by atoms with Gasteiger partial charge >= 0.3 is 0 Å². The van der Waals surface area contributed by atoms with Gasteiger partial charge < -0.3 is 24.8 Å². The number of nitrogens with one attached hydrogen (secondary N) is 2. The van der Waals surface area contributed by atoms with Crippen LogP contribution in [0.25, 0.3) is 0 Å². The smallest absolute Gasteiger partial charge is 0.203 e. The van der Waals surface area contributed by atoms with Crippen LogP contribution in [0.5, 0.6) is 17.2 Å². The Labute approximate surface area is 163 Å². The number of methoxy groups -OCH3 is 3. The minimum absolute atomic E-state index is 0.419. The molecule has 0 radical (unpaired) electrons. The summed E-state index contributed by atoms with van der Waals surface area (Å²) < 4.78 is 16.2. The third-order valence-corrected chi connectivity index (χ3v) is 5.53. The van der Waals surface area contributed by atoms with Gasteiger partial charge in [-0.15, -0.1) is 0 Å². The Bertz CT molecular complexity index is 600. The number of hydrogen-bond donors (Lipinski definition) is 2. The number of aliphatic imine (C=N–C) groups is 1. The summed E-state index contributed by atoms with van der Waals surface area (Å²) in [5.41, 5.74) is 1.43. The molecule has 0 spiro atoms. The van der Waals surface area contributed by atoms with Gasteiger partial charge in [-0.2, -0.15) is 0 Å². The van der Waals surface area contributed by atoms with Gasteiger partial charge in [0.05, 0.1) is 27.9 Å². The number of ether oxygens (including phenoxy) is 3. The van der Waals surface area contributed by atoms with Crippen molar-refractivity contribution in [2.45, 2.75) is 52.5 Å². The highest BCUT2D eigenvalue weighted by molar-refractivity contribution is 5.79. The predicted molar refractivity (Wildman–Crippen MR) is 110 cm³/mol. The fourth-order valence-electron chi connectivity index (χ4n) is 3.79. The first-order valence-corrected chi connectivity index (χ1v) is 9.92. The van der Waals surface area contributed by atoms with Crippen LogP contribution < -0.4 is 24.8 Å². The maximum Gasteiger partial charge on any atom is 0.203 e. The summed E-state index contributed by atoms with van der Waals surface area (Å²) in [6.45, 7) is 6.73. The van der Waals surface area contributed by atoms with E-state index in [2.05, 4.69) is 24.5 Å². The summed E-state index contributed by atoms with van der Waals surface area (Å²) in [5, 5.41) is 6.91. The molecule has 0 heterocycles. The summed E-state index contributed by atoms with van der Waals surface area (Å²) in [5.74, 6) is 2.75. The van der Waals surface area contributed by atoms with Crippen molar-refractivity contribution in [2.24, 2.45) is 10.4 Å². The average Bonchev–Trinajstić information content (AvgIpc) is 3.18. The van der Waals surface area contributed by atoms with E-state index in [0.717, 1.165) is 24.6 Å². The van der Waals surface area contributed by atoms with Crippen LogP contribution in [0.1, 0.15) is 51.5 Å². The van der Waals surface area contributed by atoms with Crippen LogP contribution in [0, 0.1) is 5.41 Å². The fraction of sp³-hybridized carbons (Fsp3) is 0.667. The van der Waals surface area contributed by atoms with Gasteiger partial charge in [0.2, 0.25) is 5.75 Å². The lowest BCUT2D eigenvalue weighted by atomic mass is 9.83. The monoisotopic (exact) mass is 377 g/mol. The zero-order valence-corrected chi connectivity index (χ0v) is 17.5. The van der Waals surface area contributed by atoms with Gasteiger partial charge in [-0.3, -0.25) is 0 Å². The number of nitrogens with zero attached hydrogens (tertiary/aromatic N) is 1. The van der Waals surface area contributed by atoms with Gasteiger partial charge in [0.1, 0.15) is 0 Å². The minimum atomic E-state index is 0.419. The molecule has 0 amide bonds. The topological polar surface area (TPSA) is 64.1 Å². The van der Waals surface area contributed by atoms with Crippen LogP contribution in [0.15, 0.2) is 17.1 Å². The van der Waals surface area contributed by atoms with Crippen LogP contribution in [0.4, 0.5) is 0 Å². The molecular formula is C21H35N3O3. The molecule has 2 N–H and O–H groups in total. The minimum Gasteiger partial charge on any atom is -0.493 e. The van der Waals surface area contributed by atoms with Crippen molar-refractivity contribution in [3.63, 3.8) is 0 Å². The van der Waals surface area contributed by atoms with Gasteiger partial charge in [-0.1, -0.05) is 19.8 Å². The van der Waals surface area contributed by atoms with Gasteiger partial charge in [0, 0.05) is 13.1 Å². The molecule has 2 rings (SSSR count). The molecule has 0 aliphatic heterocycles. The first-order chi connectivity index (χ1) is 13.1. The Morgan fingerprint density at radius 2 is 1.63 bits per heavy atom. The van der Waals surface area contributed by atoms with E-state index in [1.54, 1.807) is 21.3 Å². The normalized spacial score (nSPS) is 16.1. The molecule has 6 nitrogen and oxygen atoms in total. The fourth-order valence-corrected chi connectivity index (χ4v) is 3.79. The van der Waals surface area contributed by atoms with Gasteiger partial charge in [-0.05, 0) is 49.3 Å². The van der Waals surface area contributed by atoms with Gasteiger partial charge in [0.25, 0.3) is 0 Å². The highest BCUT2D eigenvalue weighted by Gasteiger charge is 2.31. The van der Waals surface area contributed by atoms with E-state index in [4.69, 9.17) is 19.2 Å². The number of rotatable bonds is 9. The third-order valence-electron chi connectivity index (χ3n) is 5.53. The Kier molecular flexibility index (Phi) is 8.07. The Morgan fingerprint density at radius 3 is 2.11 bits per heavy atom. The lowest BCUT2D eigenvalue weighted by Crippen LogP contribution is -2.42. The Hall–Kier alpha value is -2.11. The Balaban J connectivity index is 2.11. The summed E-state index contributed by atoms with van der Waals surface area (Å²) in [6, 6.07) is 3.89. The molecule has 0 bridgehead atoms. The molecule has 0 saturated heterocycles. The molecule has 0 atom stereocenters. The molecular weight excluding hydrogens is 342 g/mol. The quantitative estimate of drug-likeness (QED) is 0.507. The molecule has 1 saturated carbocycles. The molecule has 152 valence electrons. The second kappa shape index (κ2) is 10.3. The molecule has 1 aliphatic rings. The van der Waals surface area contributed by atoms with E-state index in [0.29, 0.717) is 29.2 Å². The highest BCUT2D eigenvalue weighted by Crippen LogP contribution is 2.40. The lowest BCUT2D eigenvalue weighted by Gasteiger charge is -2.28.